The summed E-state index contributed by atoms with van der Waals surface area (Å²) in [4.78, 5) is 12.5. The molecule has 0 unspecified atom stereocenters. The molecule has 0 atom stereocenters. The molecule has 13 heteroatoms. The highest BCUT2D eigenvalue weighted by Crippen LogP contribution is 2.28. The van der Waals surface area contributed by atoms with Crippen molar-refractivity contribution in [2.45, 2.75) is 17.0 Å². The van der Waals surface area contributed by atoms with E-state index in [-0.39, 0.29) is 21.4 Å². The molecule has 0 aliphatic carbocycles. The maximum Gasteiger partial charge on any atom is 0.242 e. The lowest BCUT2D eigenvalue weighted by Gasteiger charge is -2.14. The van der Waals surface area contributed by atoms with Gasteiger partial charge in [0.2, 0.25) is 21.1 Å². The summed E-state index contributed by atoms with van der Waals surface area (Å²) in [5, 5.41) is 14.9. The molecule has 0 spiro atoms. The number of thioether (sulfide) groups is 1. The third-order valence-electron chi connectivity index (χ3n) is 4.16. The van der Waals surface area contributed by atoms with Crippen LogP contribution < -0.4 is 10.1 Å². The SMILES string of the molecule is CCOc1ccccc1-n1nnnc1SCC(=O)Nc1cc(S(=O)(=O)N(C)C)ccc1Cl. The second kappa shape index (κ2) is 10.3. The molecule has 32 heavy (non-hydrogen) atoms. The minimum Gasteiger partial charge on any atom is -0.492 e. The Labute approximate surface area is 194 Å². The van der Waals surface area contributed by atoms with E-state index in [1.807, 2.05) is 25.1 Å². The third kappa shape index (κ3) is 5.38. The minimum atomic E-state index is -3.67. The van der Waals surface area contributed by atoms with E-state index in [0.29, 0.717) is 23.2 Å². The van der Waals surface area contributed by atoms with Crippen LogP contribution in [0.15, 0.2) is 52.5 Å². The molecule has 0 saturated heterocycles. The van der Waals surface area contributed by atoms with Crippen molar-refractivity contribution < 1.29 is 17.9 Å². The van der Waals surface area contributed by atoms with Gasteiger partial charge in [0.25, 0.3) is 0 Å². The Morgan fingerprint density at radius 1 is 1.25 bits per heavy atom. The first-order valence-corrected chi connectivity index (χ1v) is 12.2. The number of nitrogens with zero attached hydrogens (tertiary/aromatic N) is 5. The summed E-state index contributed by atoms with van der Waals surface area (Å²) in [5.41, 5.74) is 0.841. The van der Waals surface area contributed by atoms with E-state index in [0.717, 1.165) is 16.1 Å². The smallest absolute Gasteiger partial charge is 0.242 e. The number of carbonyl (C=O) groups excluding carboxylic acids is 1. The van der Waals surface area contributed by atoms with E-state index in [2.05, 4.69) is 20.8 Å². The van der Waals surface area contributed by atoms with Crippen LogP contribution in [-0.4, -0.2) is 65.3 Å². The fourth-order valence-corrected chi connectivity index (χ4v) is 4.39. The largest absolute Gasteiger partial charge is 0.492 e. The number of tetrazole rings is 1. The van der Waals surface area contributed by atoms with Crippen LogP contribution in [-0.2, 0) is 14.8 Å². The number of rotatable bonds is 9. The highest BCUT2D eigenvalue weighted by Gasteiger charge is 2.20. The Morgan fingerprint density at radius 3 is 2.72 bits per heavy atom. The fraction of sp³-hybridized carbons (Fsp3) is 0.263. The van der Waals surface area contributed by atoms with Crippen molar-refractivity contribution in [1.82, 2.24) is 24.5 Å². The average molecular weight is 497 g/mol. The average Bonchev–Trinajstić information content (AvgIpc) is 3.22. The molecule has 1 N–H and O–H groups in total. The summed E-state index contributed by atoms with van der Waals surface area (Å²) >= 11 is 7.25. The van der Waals surface area contributed by atoms with Gasteiger partial charge in [0.15, 0.2) is 0 Å². The molecule has 0 aliphatic rings. The Hall–Kier alpha value is -2.67. The van der Waals surface area contributed by atoms with Crippen LogP contribution in [0, 0.1) is 0 Å². The Kier molecular flexibility index (Phi) is 7.72. The first-order chi connectivity index (χ1) is 15.2. The molecule has 1 aromatic heterocycles. The maximum atomic E-state index is 12.5. The van der Waals surface area contributed by atoms with Gasteiger partial charge in [-0.2, -0.15) is 4.68 Å². The second-order valence-electron chi connectivity index (χ2n) is 6.54. The molecule has 3 aromatic rings. The van der Waals surface area contributed by atoms with Crippen LogP contribution in [0.1, 0.15) is 6.92 Å². The molecule has 170 valence electrons. The molecule has 0 bridgehead atoms. The molecule has 0 saturated carbocycles. The predicted molar refractivity (Wildman–Crippen MR) is 122 cm³/mol. The van der Waals surface area contributed by atoms with E-state index in [1.54, 1.807) is 6.07 Å². The predicted octanol–water partition coefficient (Wildman–Crippen LogP) is 2.70. The summed E-state index contributed by atoms with van der Waals surface area (Å²) in [7, 11) is -0.822. The Bertz CT molecular complexity index is 1220. The molecule has 10 nitrogen and oxygen atoms in total. The van der Waals surface area contributed by atoms with Crippen molar-refractivity contribution in [3.8, 4) is 11.4 Å². The normalized spacial score (nSPS) is 11.5. The van der Waals surface area contributed by atoms with Crippen molar-refractivity contribution in [3.63, 3.8) is 0 Å². The van der Waals surface area contributed by atoms with Crippen molar-refractivity contribution in [2.24, 2.45) is 0 Å². The number of halogens is 1. The van der Waals surface area contributed by atoms with Gasteiger partial charge in [-0.3, -0.25) is 4.79 Å². The number of carbonyl (C=O) groups is 1. The Balaban J connectivity index is 1.73. The standard InChI is InChI=1S/C19H21ClN6O4S2/c1-4-30-17-8-6-5-7-16(17)26-19(22-23-24-26)31-12-18(27)21-15-11-13(9-10-14(15)20)32(28,29)25(2)3/h5-11H,4,12H2,1-3H3,(H,21,27). The second-order valence-corrected chi connectivity index (χ2v) is 10.0. The van der Waals surface area contributed by atoms with Gasteiger partial charge in [0.1, 0.15) is 11.4 Å². The molecule has 0 fully saturated rings. The molecule has 0 radical (unpaired) electrons. The van der Waals surface area contributed by atoms with Gasteiger partial charge in [-0.05, 0) is 47.7 Å². The summed E-state index contributed by atoms with van der Waals surface area (Å²) < 4.78 is 32.9. The first kappa shape index (κ1) is 24.0. The van der Waals surface area contributed by atoms with Crippen LogP contribution in [0.5, 0.6) is 5.75 Å². The number of ether oxygens (including phenoxy) is 1. The number of benzene rings is 2. The highest BCUT2D eigenvalue weighted by atomic mass is 35.5. The topological polar surface area (TPSA) is 119 Å². The molecular formula is C19H21ClN6O4S2. The van der Waals surface area contributed by atoms with Gasteiger partial charge < -0.3 is 10.1 Å². The zero-order chi connectivity index (χ0) is 23.3. The quantitative estimate of drug-likeness (QED) is 0.449. The lowest BCUT2D eigenvalue weighted by atomic mass is 10.3. The van der Waals surface area contributed by atoms with Gasteiger partial charge in [-0.25, -0.2) is 12.7 Å². The van der Waals surface area contributed by atoms with Gasteiger partial charge in [0, 0.05) is 14.1 Å². The lowest BCUT2D eigenvalue weighted by molar-refractivity contribution is -0.113. The maximum absolute atomic E-state index is 12.5. The number of amides is 1. The summed E-state index contributed by atoms with van der Waals surface area (Å²) in [6, 6.07) is 11.4. The van der Waals surface area contributed by atoms with Crippen LogP contribution in [0.25, 0.3) is 5.69 Å². The van der Waals surface area contributed by atoms with Crippen LogP contribution in [0.2, 0.25) is 5.02 Å². The van der Waals surface area contributed by atoms with Crippen molar-refractivity contribution >= 4 is 45.0 Å². The van der Waals surface area contributed by atoms with E-state index in [1.165, 1.54) is 37.0 Å². The summed E-state index contributed by atoms with van der Waals surface area (Å²) in [6.45, 7) is 2.35. The molecular weight excluding hydrogens is 476 g/mol. The van der Waals surface area contributed by atoms with Gasteiger partial charge in [-0.1, -0.05) is 35.5 Å². The number of nitrogens with one attached hydrogen (secondary N) is 1. The highest BCUT2D eigenvalue weighted by molar-refractivity contribution is 7.99. The summed E-state index contributed by atoms with van der Waals surface area (Å²) in [5.74, 6) is 0.182. The Morgan fingerprint density at radius 2 is 2.00 bits per heavy atom. The van der Waals surface area contributed by atoms with Crippen LogP contribution in [0.4, 0.5) is 5.69 Å². The summed E-state index contributed by atoms with van der Waals surface area (Å²) in [6.07, 6.45) is 0. The van der Waals surface area contributed by atoms with Gasteiger partial charge in [0.05, 0.1) is 28.0 Å². The van der Waals surface area contributed by atoms with E-state index in [9.17, 15) is 13.2 Å². The molecule has 0 aliphatic heterocycles. The fourth-order valence-electron chi connectivity index (χ4n) is 2.62. The monoisotopic (exact) mass is 496 g/mol. The first-order valence-electron chi connectivity index (χ1n) is 9.39. The van der Waals surface area contributed by atoms with Crippen LogP contribution in [0.3, 0.4) is 0 Å². The van der Waals surface area contributed by atoms with Crippen molar-refractivity contribution in [1.29, 1.82) is 0 Å². The number of anilines is 1. The van der Waals surface area contributed by atoms with Crippen molar-refractivity contribution in [2.75, 3.05) is 31.8 Å². The number of aromatic nitrogens is 4. The van der Waals surface area contributed by atoms with Gasteiger partial charge in [-0.15, -0.1) is 5.10 Å². The number of sulfonamides is 1. The van der Waals surface area contributed by atoms with Crippen molar-refractivity contribution in [3.05, 3.63) is 47.5 Å². The number of hydrogen-bond donors (Lipinski definition) is 1. The zero-order valence-electron chi connectivity index (χ0n) is 17.5. The van der Waals surface area contributed by atoms with E-state index < -0.39 is 15.9 Å². The molecule has 1 heterocycles. The van der Waals surface area contributed by atoms with E-state index in [4.69, 9.17) is 16.3 Å². The molecule has 1 amide bonds. The third-order valence-corrected chi connectivity index (χ3v) is 7.22. The van der Waals surface area contributed by atoms with E-state index >= 15 is 0 Å². The molecule has 3 rings (SSSR count). The molecule has 2 aromatic carbocycles. The lowest BCUT2D eigenvalue weighted by Crippen LogP contribution is -2.22. The van der Waals surface area contributed by atoms with Crippen LogP contribution >= 0.6 is 23.4 Å². The number of hydrogen-bond acceptors (Lipinski definition) is 8. The minimum absolute atomic E-state index is 0.0197. The van der Waals surface area contributed by atoms with Gasteiger partial charge >= 0.3 is 0 Å². The zero-order valence-corrected chi connectivity index (χ0v) is 19.9. The number of para-hydroxylation sites is 2.